The maximum Gasteiger partial charge on any atom is 0.218 e. The molecule has 1 radical (unpaired) electrons. The van der Waals surface area contributed by atoms with Gasteiger partial charge < -0.3 is 14.4 Å². The topological polar surface area (TPSA) is 51.8 Å². The number of pyridine rings is 3. The number of hydrogen-bond acceptors (Lipinski definition) is 4. The van der Waals surface area contributed by atoms with Gasteiger partial charge in [-0.2, -0.15) is 9.37 Å². The number of hydrogen-bond donors (Lipinski definition) is 0. The molecule has 0 fully saturated rings. The van der Waals surface area contributed by atoms with Crippen LogP contribution in [0.3, 0.4) is 0 Å². The van der Waals surface area contributed by atoms with Gasteiger partial charge in [-0.15, -0.1) is 54.1 Å². The molecular weight excluding hydrogens is 838 g/mol. The van der Waals surface area contributed by atoms with E-state index in [0.29, 0.717) is 5.58 Å². The Morgan fingerprint density at radius 1 is 0.692 bits per heavy atom. The number of furan rings is 1. The molecule has 52 heavy (non-hydrogen) atoms. The molecule has 4 aromatic heterocycles. The predicted molar refractivity (Wildman–Crippen MR) is 210 cm³/mol. The van der Waals surface area contributed by atoms with E-state index in [9.17, 15) is 4.39 Å². The molecule has 0 spiro atoms. The van der Waals surface area contributed by atoms with Crippen molar-refractivity contribution in [3.63, 3.8) is 0 Å². The van der Waals surface area contributed by atoms with Crippen LogP contribution in [0.5, 0.6) is 0 Å². The third-order valence-corrected chi connectivity index (χ3v) is 11.0. The van der Waals surface area contributed by atoms with Crippen LogP contribution in [0.1, 0.15) is 16.7 Å². The molecule has 0 aliphatic rings. The van der Waals surface area contributed by atoms with Crippen LogP contribution in [0.4, 0.5) is 4.39 Å². The van der Waals surface area contributed by atoms with Gasteiger partial charge in [0.15, 0.2) is 0 Å². The minimum absolute atomic E-state index is 0. The minimum Gasteiger partial charge on any atom is -0.486 e. The van der Waals surface area contributed by atoms with Gasteiger partial charge >= 0.3 is 0 Å². The molecule has 0 saturated carbocycles. The van der Waals surface area contributed by atoms with E-state index < -0.39 is 14.0 Å². The molecule has 0 atom stereocenters. The summed E-state index contributed by atoms with van der Waals surface area (Å²) in [5.41, 5.74) is 13.0. The van der Waals surface area contributed by atoms with Crippen LogP contribution in [-0.4, -0.2) is 23.0 Å². The van der Waals surface area contributed by atoms with Crippen molar-refractivity contribution >= 4 is 35.3 Å². The smallest absolute Gasteiger partial charge is 0.218 e. The quantitative estimate of drug-likeness (QED) is 0.0982. The number of benzene rings is 4. The van der Waals surface area contributed by atoms with Crippen LogP contribution >= 0.6 is 0 Å². The fourth-order valence-electron chi connectivity index (χ4n) is 6.76. The molecular formula is C45H38FIrN3OSi-2. The summed E-state index contributed by atoms with van der Waals surface area (Å²) >= 11 is 0. The fraction of sp³-hybridized carbons (Fsp3) is 0.133. The maximum atomic E-state index is 13.5. The van der Waals surface area contributed by atoms with Gasteiger partial charge in [0.2, 0.25) is 11.7 Å². The average molecular weight is 876 g/mol. The summed E-state index contributed by atoms with van der Waals surface area (Å²) in [6.45, 7) is 13.5. The Bertz CT molecular complexity index is 2490. The van der Waals surface area contributed by atoms with Crippen molar-refractivity contribution in [2.45, 2.75) is 40.4 Å². The number of aromatic nitrogens is 3. The summed E-state index contributed by atoms with van der Waals surface area (Å²) in [7, 11) is -1.46. The van der Waals surface area contributed by atoms with E-state index in [1.54, 1.807) is 12.3 Å². The van der Waals surface area contributed by atoms with Crippen LogP contribution in [0.25, 0.3) is 66.8 Å². The monoisotopic (exact) mass is 876 g/mol. The number of halogens is 1. The first-order valence-corrected chi connectivity index (χ1v) is 20.5. The van der Waals surface area contributed by atoms with Gasteiger partial charge in [-0.05, 0) is 88.9 Å². The Balaban J connectivity index is 0.000000182. The molecule has 4 nitrogen and oxygen atoms in total. The fourth-order valence-corrected chi connectivity index (χ4v) is 8.23. The Morgan fingerprint density at radius 3 is 2.15 bits per heavy atom. The summed E-state index contributed by atoms with van der Waals surface area (Å²) in [6, 6.07) is 42.6. The maximum absolute atomic E-state index is 13.5. The summed E-state index contributed by atoms with van der Waals surface area (Å²) in [6.07, 6.45) is 3.88. The first-order chi connectivity index (χ1) is 24.6. The Kier molecular flexibility index (Phi) is 10.8. The zero-order valence-electron chi connectivity index (χ0n) is 30.0. The first kappa shape index (κ1) is 36.7. The molecule has 7 heteroatoms. The minimum atomic E-state index is -1.46. The molecule has 0 unspecified atom stereocenters. The van der Waals surface area contributed by atoms with Crippen LogP contribution in [-0.2, 0) is 20.1 Å². The van der Waals surface area contributed by atoms with Crippen molar-refractivity contribution in [1.82, 2.24) is 15.0 Å². The van der Waals surface area contributed by atoms with E-state index >= 15 is 0 Å². The molecule has 0 aliphatic heterocycles. The van der Waals surface area contributed by atoms with E-state index in [4.69, 9.17) is 9.40 Å². The first-order valence-electron chi connectivity index (χ1n) is 17.0. The standard InChI is InChI=1S/C25H18FN2O.C20H20NSi.Ir/c1-14-11-15(2)23(16(3)12-14)17-9-10-27-21(13-17)20-6-4-5-18-19-7-8-22(26)28-25(19)29-24(18)20;1-22(2,3)20-15-21-19(17-12-8-5-9-13-17)14-18(20)16-10-6-4-7-11-16;/h4-5,7-13H,1-3H3;4-12,14-15H,1-3H3;/q2*-1;. The van der Waals surface area contributed by atoms with E-state index in [1.807, 2.05) is 36.4 Å². The summed E-state index contributed by atoms with van der Waals surface area (Å²) in [5.74, 6) is -0.562. The molecule has 0 aliphatic carbocycles. The molecule has 261 valence electrons. The Labute approximate surface area is 319 Å². The summed E-state index contributed by atoms with van der Waals surface area (Å²) in [5, 5.41) is 3.05. The molecule has 4 aromatic carbocycles. The largest absolute Gasteiger partial charge is 0.486 e. The number of aryl methyl sites for hydroxylation is 3. The van der Waals surface area contributed by atoms with E-state index in [0.717, 1.165) is 38.9 Å². The molecule has 8 aromatic rings. The molecule has 0 saturated heterocycles. The normalized spacial score (nSPS) is 11.2. The van der Waals surface area contributed by atoms with Gasteiger partial charge in [0, 0.05) is 37.9 Å². The van der Waals surface area contributed by atoms with Crippen LogP contribution in [0.2, 0.25) is 19.6 Å². The second kappa shape index (κ2) is 15.3. The van der Waals surface area contributed by atoms with Crippen LogP contribution in [0, 0.1) is 38.9 Å². The molecule has 0 amide bonds. The van der Waals surface area contributed by atoms with Gasteiger partial charge in [0.05, 0.1) is 13.7 Å². The van der Waals surface area contributed by atoms with Gasteiger partial charge in [-0.1, -0.05) is 90.8 Å². The number of fused-ring (bicyclic) bond motifs is 3. The SMILES string of the molecule is C[Si](C)(C)c1cnc(-c2[c-]cccc2)cc1-c1ccccc1.Cc1cc(C)c(-c2ccnc(-c3[c-]ccc4c3oc3nc(F)ccc34)c2)c(C)c1.[Ir]. The van der Waals surface area contributed by atoms with Gasteiger partial charge in [-0.3, -0.25) is 0 Å². The third kappa shape index (κ3) is 7.58. The van der Waals surface area contributed by atoms with Crippen molar-refractivity contribution in [3.8, 4) is 44.8 Å². The predicted octanol–water partition coefficient (Wildman–Crippen LogP) is 11.3. The number of rotatable bonds is 5. The van der Waals surface area contributed by atoms with Crippen LogP contribution < -0.4 is 5.19 Å². The van der Waals surface area contributed by atoms with Crippen molar-refractivity contribution < 1.29 is 28.9 Å². The van der Waals surface area contributed by atoms with Crippen molar-refractivity contribution in [2.24, 2.45) is 0 Å². The number of nitrogens with zero attached hydrogens (tertiary/aromatic N) is 3. The molecule has 0 bridgehead atoms. The second-order valence-corrected chi connectivity index (χ2v) is 18.9. The van der Waals surface area contributed by atoms with Gasteiger partial charge in [0.1, 0.15) is 0 Å². The van der Waals surface area contributed by atoms with Gasteiger partial charge in [-0.25, -0.2) is 0 Å². The van der Waals surface area contributed by atoms with E-state index in [1.165, 1.54) is 44.6 Å². The zero-order chi connectivity index (χ0) is 35.7. The van der Waals surface area contributed by atoms with E-state index in [2.05, 4.69) is 129 Å². The Hall–Kier alpha value is -5.07. The Morgan fingerprint density at radius 2 is 1.44 bits per heavy atom. The summed E-state index contributed by atoms with van der Waals surface area (Å²) in [4.78, 5) is 13.1. The summed E-state index contributed by atoms with van der Waals surface area (Å²) < 4.78 is 19.4. The molecule has 8 rings (SSSR count). The van der Waals surface area contributed by atoms with Gasteiger partial charge in [0.25, 0.3) is 0 Å². The molecule has 0 N–H and O–H groups in total. The zero-order valence-corrected chi connectivity index (χ0v) is 33.4. The van der Waals surface area contributed by atoms with Crippen molar-refractivity contribution in [3.05, 3.63) is 156 Å². The molecule has 4 heterocycles. The third-order valence-electron chi connectivity index (χ3n) is 9.03. The van der Waals surface area contributed by atoms with Crippen molar-refractivity contribution in [1.29, 1.82) is 0 Å². The van der Waals surface area contributed by atoms with E-state index in [-0.39, 0.29) is 25.8 Å². The van der Waals surface area contributed by atoms with Crippen LogP contribution in [0.15, 0.2) is 126 Å². The average Bonchev–Trinajstić information content (AvgIpc) is 3.49. The second-order valence-electron chi connectivity index (χ2n) is 13.9. The van der Waals surface area contributed by atoms with Crippen molar-refractivity contribution in [2.75, 3.05) is 0 Å².